The van der Waals surface area contributed by atoms with E-state index in [0.717, 1.165) is 82.9 Å². The van der Waals surface area contributed by atoms with Crippen LogP contribution in [0.2, 0.25) is 0 Å². The number of carbonyl (C=O) groups is 8. The van der Waals surface area contributed by atoms with Gasteiger partial charge in [-0.1, -0.05) is 166 Å². The van der Waals surface area contributed by atoms with E-state index in [1.54, 1.807) is 76.1 Å². The second-order valence-electron chi connectivity index (χ2n) is 36.3. The maximum atomic E-state index is 13.5. The number of hydrogen-bond acceptors (Lipinski definition) is 28. The fraction of sp³-hybridized carbons (Fsp3) is 0.451. The van der Waals surface area contributed by atoms with Gasteiger partial charge in [-0.3, -0.25) is 43.3 Å². The average molecular weight is 1870 g/mol. The van der Waals surface area contributed by atoms with Crippen LogP contribution in [0.4, 0.5) is 0 Å². The molecular weight excluding hydrogens is 1750 g/mol. The predicted molar refractivity (Wildman–Crippen MR) is 502 cm³/mol. The zero-order valence-electron chi connectivity index (χ0n) is 78.3. The number of amides is 4. The highest BCUT2D eigenvalue weighted by molar-refractivity contribution is 7.13. The molecule has 32 heteroatoms. The highest BCUT2D eigenvalue weighted by Gasteiger charge is 2.47. The zero-order chi connectivity index (χ0) is 95.9. The lowest BCUT2D eigenvalue weighted by molar-refractivity contribution is -0.140. The molecule has 4 aromatic carbocycles. The van der Waals surface area contributed by atoms with E-state index < -0.39 is 72.3 Å². The Morgan fingerprint density at radius 2 is 0.746 bits per heavy atom. The van der Waals surface area contributed by atoms with Crippen molar-refractivity contribution in [1.29, 1.82) is 0 Å². The van der Waals surface area contributed by atoms with Crippen LogP contribution in [0.5, 0.6) is 0 Å². The molecular formula is C102H120N12O18S2. The van der Waals surface area contributed by atoms with Gasteiger partial charge in [-0.05, 0) is 132 Å². The van der Waals surface area contributed by atoms with E-state index in [9.17, 15) is 58.8 Å². The van der Waals surface area contributed by atoms with Gasteiger partial charge in [0.15, 0.2) is 47.4 Å². The third-order valence-corrected chi connectivity index (χ3v) is 27.3. The number of nitrogens with zero attached hydrogens (tertiary/aromatic N) is 12. The summed E-state index contributed by atoms with van der Waals surface area (Å²) in [6.07, 6.45) is 6.87. The van der Waals surface area contributed by atoms with Gasteiger partial charge in [-0.25, -0.2) is 15.0 Å². The lowest BCUT2D eigenvalue weighted by Crippen LogP contribution is -2.44. The topological polar surface area (TPSA) is 412 Å². The van der Waals surface area contributed by atoms with Crippen LogP contribution >= 0.6 is 22.7 Å². The van der Waals surface area contributed by atoms with Crippen molar-refractivity contribution in [1.82, 2.24) is 60.2 Å². The number of ketones is 4. The van der Waals surface area contributed by atoms with Crippen LogP contribution in [-0.2, 0) is 57.6 Å². The first-order valence-electron chi connectivity index (χ1n) is 46.0. The second-order valence-corrected chi connectivity index (χ2v) is 38.0. The number of oxazole rings is 2. The molecule has 30 nitrogen and oxygen atoms in total. The van der Waals surface area contributed by atoms with Gasteiger partial charge in [-0.2, -0.15) is 0 Å². The Morgan fingerprint density at radius 3 is 1.05 bits per heavy atom. The summed E-state index contributed by atoms with van der Waals surface area (Å²) >= 11 is 3.20. The van der Waals surface area contributed by atoms with Crippen molar-refractivity contribution in [3.63, 3.8) is 0 Å². The number of aliphatic hydroxyl groups excluding tert-OH is 4. The molecule has 12 heterocycles. The van der Waals surface area contributed by atoms with Gasteiger partial charge >= 0.3 is 0 Å². The SMILES string of the molecule is CC[C@@H](C(=O)N1C[C@H](O)C[C@H]1C(=O)CCc1ccc(-c2ocnc2C)cc1)c1cc(C)no1.CC[C@@H](C(=O)N1C[C@H](O)C[C@H]1C(=O)C[C@@H](C)c1ccc(-c2scnc2C)cc1)c1cc(C)no1.Cc1cc([C@H](C(=O)N2C[C@H](O)C[C@H]2C(=O)CCc2ccc(-c3cncs3)cc2)C(C)C)on1.Cc1cc([C@H](C(=O)N2C[C@H](O)C[C@H]2C(=O)CCc2ccc(-c3ocnc3C)cc2)C(C)C)on1. The fourth-order valence-electron chi connectivity index (χ4n) is 18.2. The highest BCUT2D eigenvalue weighted by atomic mass is 32.1. The van der Waals surface area contributed by atoms with E-state index in [-0.39, 0.29) is 123 Å². The lowest BCUT2D eigenvalue weighted by atomic mass is 9.91. The van der Waals surface area contributed by atoms with Crippen molar-refractivity contribution in [2.24, 2.45) is 11.8 Å². The van der Waals surface area contributed by atoms with E-state index in [4.69, 9.17) is 26.9 Å². The molecule has 16 rings (SSSR count). The Balaban J connectivity index is 0.000000152. The predicted octanol–water partition coefficient (Wildman–Crippen LogP) is 16.1. The number of β-amino-alcohol motifs (C(OH)–C–C–N with tert-alkyl or cyclic N) is 4. The van der Waals surface area contributed by atoms with Crippen LogP contribution in [0, 0.1) is 60.3 Å². The molecule has 134 heavy (non-hydrogen) atoms. The maximum Gasteiger partial charge on any atom is 0.234 e. The molecule has 12 aromatic rings. The number of thiazole rings is 2. The first-order valence-corrected chi connectivity index (χ1v) is 47.7. The molecule has 4 saturated heterocycles. The number of hydrogen-bond donors (Lipinski definition) is 4. The van der Waals surface area contributed by atoms with Crippen molar-refractivity contribution < 1.29 is 85.7 Å². The normalized spacial score (nSPS) is 19.3. The van der Waals surface area contributed by atoms with Crippen molar-refractivity contribution in [3.8, 4) is 43.5 Å². The number of aliphatic hydroxyl groups is 4. The zero-order valence-corrected chi connectivity index (χ0v) is 79.9. The molecule has 4 N–H and O–H groups in total. The fourth-order valence-corrected chi connectivity index (χ4v) is 19.7. The summed E-state index contributed by atoms with van der Waals surface area (Å²) < 4.78 is 32.3. The summed E-state index contributed by atoms with van der Waals surface area (Å²) in [4.78, 5) is 131. The number of Topliss-reactive ketones (excluding diaryl/α,β-unsaturated/α-hetero) is 4. The first-order chi connectivity index (χ1) is 64.2. The average Bonchev–Trinajstić information content (AvgIpc) is 1.65. The molecule has 0 radical (unpaired) electrons. The van der Waals surface area contributed by atoms with Crippen LogP contribution < -0.4 is 0 Å². The third kappa shape index (κ3) is 24.3. The molecule has 4 amide bonds. The highest BCUT2D eigenvalue weighted by Crippen LogP contribution is 2.39. The summed E-state index contributed by atoms with van der Waals surface area (Å²) in [7, 11) is 0. The first kappa shape index (κ1) is 99.3. The van der Waals surface area contributed by atoms with Gasteiger partial charge in [-0.15, -0.1) is 22.7 Å². The summed E-state index contributed by atoms with van der Waals surface area (Å²) in [6.45, 7) is 27.2. The Kier molecular flexibility index (Phi) is 33.5. The quantitative estimate of drug-likeness (QED) is 0.0304. The largest absolute Gasteiger partial charge is 0.443 e. The summed E-state index contributed by atoms with van der Waals surface area (Å²) in [5, 5.41) is 56.7. The number of rotatable bonds is 32. The Morgan fingerprint density at radius 1 is 0.403 bits per heavy atom. The second kappa shape index (κ2) is 45.2. The number of aromatic nitrogens is 8. The summed E-state index contributed by atoms with van der Waals surface area (Å²) in [5.41, 5.74) is 17.4. The minimum atomic E-state index is -0.716. The molecule has 0 spiro atoms. The smallest absolute Gasteiger partial charge is 0.234 e. The molecule has 0 aliphatic carbocycles. The molecule has 4 aliphatic rings. The van der Waals surface area contributed by atoms with E-state index in [1.807, 2.05) is 168 Å². The molecule has 4 aliphatic heterocycles. The van der Waals surface area contributed by atoms with Gasteiger partial charge < -0.3 is 67.0 Å². The minimum Gasteiger partial charge on any atom is -0.443 e. The van der Waals surface area contributed by atoms with Crippen LogP contribution in [0.15, 0.2) is 178 Å². The van der Waals surface area contributed by atoms with Gasteiger partial charge in [0.1, 0.15) is 34.9 Å². The molecule has 0 unspecified atom stereocenters. The Bertz CT molecular complexity index is 5950. The van der Waals surface area contributed by atoms with Gasteiger partial charge in [0, 0.05) is 119 Å². The van der Waals surface area contributed by atoms with E-state index in [2.05, 4.69) is 64.8 Å². The van der Waals surface area contributed by atoms with Crippen LogP contribution in [0.1, 0.15) is 227 Å². The molecule has 4 fully saturated rings. The number of likely N-dealkylation sites (tertiary alicyclic amines) is 4. The van der Waals surface area contributed by atoms with Crippen molar-refractivity contribution >= 4 is 69.4 Å². The lowest BCUT2D eigenvalue weighted by Gasteiger charge is -2.28. The maximum absolute atomic E-state index is 13.5. The van der Waals surface area contributed by atoms with Crippen LogP contribution in [0.25, 0.3) is 43.5 Å². The van der Waals surface area contributed by atoms with Crippen molar-refractivity contribution in [2.75, 3.05) is 26.2 Å². The monoisotopic (exact) mass is 1860 g/mol. The third-order valence-electron chi connectivity index (χ3n) is 25.5. The summed E-state index contributed by atoms with van der Waals surface area (Å²) in [6, 6.07) is 36.6. The van der Waals surface area contributed by atoms with Gasteiger partial charge in [0.05, 0.1) is 121 Å². The Labute approximate surface area is 787 Å². The number of benzene rings is 4. The van der Waals surface area contributed by atoms with Gasteiger partial charge in [0.25, 0.3) is 0 Å². The minimum absolute atomic E-state index is 0.00213. The Hall–Kier alpha value is -12.2. The van der Waals surface area contributed by atoms with Crippen LogP contribution in [0.3, 0.4) is 0 Å². The van der Waals surface area contributed by atoms with E-state index >= 15 is 0 Å². The molecule has 0 bridgehead atoms. The number of aryl methyl sites for hydroxylation is 10. The standard InChI is InChI=1S/C26H31N3O5.C26H31N3O4S.C25H29N3O5.C25H29N3O4S/c1-15(2)24(23-11-16(3)28-34-23)26(32)29-13-20(30)12-21(29)22(31)10-7-18-5-8-19(9-6-18)25-17(4)27-14-33-25;1-5-21(24-11-16(3)28-33-24)26(32)29-13-20(30)12-22(29)23(31)10-15(2)18-6-8-19(9-7-18)25-17(4)27-14-34-25;1-4-20(23-11-15(2)27-33-23)25(31)28-13-19(29)12-21(28)22(30)10-7-17-5-8-18(9-6-17)24-16(3)26-14-32-24;1-15(2)24(22-10-16(3)27-32-22)25(31)28-13-19(29)11-20(28)21(30)9-6-17-4-7-18(8-5-17)23-12-26-14-33-23/h5-6,8-9,11,14-15,20-21,24,30H,7,10,12-13H2,1-4H3;6-9,11,14-15,20-22,30H,5,10,12-13H2,1-4H3;5-6,8-9,11,14,19-21,29H,4,7,10,12-13H2,1-3H3;4-5,7-8,10,12,14-15,19-20,24,29H,6,9,11,13H2,1-3H3/t20-,21+,24-;15-,20-,21-,22+;19-,20-,21+;19-,20+,24-/m1111/s1. The number of carbonyl (C=O) groups excluding carboxylic acids is 8. The molecule has 8 aromatic heterocycles. The molecule has 708 valence electrons. The van der Waals surface area contributed by atoms with Crippen molar-refractivity contribution in [3.05, 3.63) is 236 Å². The van der Waals surface area contributed by atoms with E-state index in [0.29, 0.717) is 97.2 Å². The van der Waals surface area contributed by atoms with Gasteiger partial charge in [0.2, 0.25) is 23.6 Å². The van der Waals surface area contributed by atoms with Crippen LogP contribution in [-0.4, -0.2) is 202 Å². The molecule has 0 saturated carbocycles. The summed E-state index contributed by atoms with van der Waals surface area (Å²) in [5.74, 6) is 0.358. The van der Waals surface area contributed by atoms with Crippen molar-refractivity contribution in [2.45, 2.75) is 259 Å². The molecule has 13 atom stereocenters. The van der Waals surface area contributed by atoms with E-state index in [1.165, 1.54) is 22.6 Å².